The topological polar surface area (TPSA) is 84.9 Å². The SMILES string of the molecule is CC[C@@H](Oc1ccc2c(c1)CCCC2)C(=O)Nc1ccc(OC)c(S(=O)(=O)N2CCCCC2)c1. The molecule has 2 aromatic carbocycles. The number of rotatable bonds is 8. The first-order valence-corrected chi connectivity index (χ1v) is 13.6. The maximum Gasteiger partial charge on any atom is 0.265 e. The first-order valence-electron chi connectivity index (χ1n) is 12.2. The van der Waals surface area contributed by atoms with E-state index in [1.54, 1.807) is 12.1 Å². The van der Waals surface area contributed by atoms with Crippen molar-refractivity contribution in [1.82, 2.24) is 4.31 Å². The molecule has 1 amide bonds. The lowest BCUT2D eigenvalue weighted by atomic mass is 9.92. The molecule has 0 spiro atoms. The lowest BCUT2D eigenvalue weighted by Gasteiger charge is -2.26. The van der Waals surface area contributed by atoms with Crippen LogP contribution in [0.2, 0.25) is 0 Å². The van der Waals surface area contributed by atoms with Crippen molar-refractivity contribution in [3.63, 3.8) is 0 Å². The summed E-state index contributed by atoms with van der Waals surface area (Å²) in [6, 6.07) is 10.8. The van der Waals surface area contributed by atoms with Gasteiger partial charge in [-0.2, -0.15) is 4.31 Å². The molecule has 0 radical (unpaired) electrons. The summed E-state index contributed by atoms with van der Waals surface area (Å²) in [5.41, 5.74) is 3.05. The van der Waals surface area contributed by atoms with Gasteiger partial charge < -0.3 is 14.8 Å². The van der Waals surface area contributed by atoms with Crippen LogP contribution in [0.4, 0.5) is 5.69 Å². The highest BCUT2D eigenvalue weighted by Gasteiger charge is 2.30. The molecule has 34 heavy (non-hydrogen) atoms. The molecule has 2 aliphatic rings. The minimum Gasteiger partial charge on any atom is -0.495 e. The molecule has 1 saturated heterocycles. The van der Waals surface area contributed by atoms with Gasteiger partial charge in [-0.1, -0.05) is 19.4 Å². The number of sulfonamides is 1. The van der Waals surface area contributed by atoms with Gasteiger partial charge in [-0.3, -0.25) is 4.79 Å². The summed E-state index contributed by atoms with van der Waals surface area (Å²) in [5, 5.41) is 2.84. The molecule has 184 valence electrons. The normalized spacial score (nSPS) is 17.5. The average molecular weight is 487 g/mol. The quantitative estimate of drug-likeness (QED) is 0.592. The number of aryl methyl sites for hydroxylation is 2. The summed E-state index contributed by atoms with van der Waals surface area (Å²) < 4.78 is 39.4. The van der Waals surface area contributed by atoms with Crippen LogP contribution in [0.15, 0.2) is 41.3 Å². The Labute approximate surface area is 202 Å². The predicted octanol–water partition coefficient (Wildman–Crippen LogP) is 4.54. The summed E-state index contributed by atoms with van der Waals surface area (Å²) in [6.45, 7) is 2.88. The Morgan fingerprint density at radius 2 is 1.74 bits per heavy atom. The Hall–Kier alpha value is -2.58. The smallest absolute Gasteiger partial charge is 0.265 e. The van der Waals surface area contributed by atoms with Crippen molar-refractivity contribution in [1.29, 1.82) is 0 Å². The van der Waals surface area contributed by atoms with Crippen LogP contribution in [0.25, 0.3) is 0 Å². The van der Waals surface area contributed by atoms with Crippen LogP contribution < -0.4 is 14.8 Å². The molecule has 0 unspecified atom stereocenters. The number of piperidine rings is 1. The number of hydrogen-bond acceptors (Lipinski definition) is 5. The van der Waals surface area contributed by atoms with Crippen molar-refractivity contribution in [2.75, 3.05) is 25.5 Å². The van der Waals surface area contributed by atoms with E-state index in [1.165, 1.54) is 41.4 Å². The van der Waals surface area contributed by atoms with Gasteiger partial charge in [0.25, 0.3) is 5.91 Å². The van der Waals surface area contributed by atoms with Gasteiger partial charge in [0, 0.05) is 18.8 Å². The van der Waals surface area contributed by atoms with E-state index in [9.17, 15) is 13.2 Å². The van der Waals surface area contributed by atoms with Crippen molar-refractivity contribution < 1.29 is 22.7 Å². The number of amides is 1. The third-order valence-electron chi connectivity index (χ3n) is 6.63. The highest BCUT2D eigenvalue weighted by molar-refractivity contribution is 7.89. The Morgan fingerprint density at radius 1 is 1.00 bits per heavy atom. The van der Waals surface area contributed by atoms with Gasteiger partial charge >= 0.3 is 0 Å². The number of carbonyl (C=O) groups is 1. The number of methoxy groups -OCH3 is 1. The van der Waals surface area contributed by atoms with Gasteiger partial charge in [0.05, 0.1) is 7.11 Å². The number of anilines is 1. The Morgan fingerprint density at radius 3 is 2.44 bits per heavy atom. The van der Waals surface area contributed by atoms with E-state index in [0.717, 1.165) is 32.1 Å². The summed E-state index contributed by atoms with van der Waals surface area (Å²) >= 11 is 0. The second-order valence-corrected chi connectivity index (χ2v) is 10.9. The molecule has 1 aliphatic heterocycles. The third-order valence-corrected chi connectivity index (χ3v) is 8.55. The second kappa shape index (κ2) is 10.8. The number of benzene rings is 2. The first-order chi connectivity index (χ1) is 16.4. The van der Waals surface area contributed by atoms with E-state index in [4.69, 9.17) is 9.47 Å². The first kappa shape index (κ1) is 24.5. The fourth-order valence-electron chi connectivity index (χ4n) is 4.69. The number of fused-ring (bicyclic) bond motifs is 1. The lowest BCUT2D eigenvalue weighted by molar-refractivity contribution is -0.122. The zero-order valence-electron chi connectivity index (χ0n) is 20.0. The van der Waals surface area contributed by atoms with Gasteiger partial charge in [0.1, 0.15) is 16.4 Å². The van der Waals surface area contributed by atoms with Crippen molar-refractivity contribution in [3.8, 4) is 11.5 Å². The van der Waals surface area contributed by atoms with E-state index in [1.807, 2.05) is 19.1 Å². The molecule has 1 N–H and O–H groups in total. The van der Waals surface area contributed by atoms with Crippen LogP contribution in [0.1, 0.15) is 56.6 Å². The molecular formula is C26H34N2O5S. The van der Waals surface area contributed by atoms with Gasteiger partial charge in [0.2, 0.25) is 10.0 Å². The number of hydrogen-bond donors (Lipinski definition) is 1. The molecule has 1 atom stereocenters. The zero-order valence-corrected chi connectivity index (χ0v) is 20.8. The Balaban J connectivity index is 1.51. The number of nitrogens with zero attached hydrogens (tertiary/aromatic N) is 1. The highest BCUT2D eigenvalue weighted by Crippen LogP contribution is 2.31. The molecule has 1 heterocycles. The minimum absolute atomic E-state index is 0.0679. The highest BCUT2D eigenvalue weighted by atomic mass is 32.2. The molecule has 1 fully saturated rings. The molecular weight excluding hydrogens is 452 g/mol. The van der Waals surface area contributed by atoms with Crippen molar-refractivity contribution in [2.45, 2.75) is 69.3 Å². The van der Waals surface area contributed by atoms with Crippen molar-refractivity contribution in [2.24, 2.45) is 0 Å². The van der Waals surface area contributed by atoms with E-state index in [2.05, 4.69) is 11.4 Å². The van der Waals surface area contributed by atoms with Gasteiger partial charge in [-0.15, -0.1) is 0 Å². The van der Waals surface area contributed by atoms with Crippen LogP contribution >= 0.6 is 0 Å². The molecule has 2 aromatic rings. The summed E-state index contributed by atoms with van der Waals surface area (Å²) in [7, 11) is -2.27. The summed E-state index contributed by atoms with van der Waals surface area (Å²) in [4.78, 5) is 13.1. The minimum atomic E-state index is -3.72. The number of nitrogens with one attached hydrogen (secondary N) is 1. The number of carbonyl (C=O) groups excluding carboxylic acids is 1. The predicted molar refractivity (Wildman–Crippen MR) is 132 cm³/mol. The Bertz CT molecular complexity index is 1130. The standard InChI is InChI=1S/C26H34N2O5S/c1-3-23(33-22-13-11-19-9-5-6-10-20(19)17-22)26(29)27-21-12-14-24(32-2)25(18-21)34(30,31)28-15-7-4-8-16-28/h11-14,17-18,23H,3-10,15-16H2,1-2H3,(H,27,29)/t23-/m1/s1. The summed E-state index contributed by atoms with van der Waals surface area (Å²) in [6.07, 6.45) is 7.03. The molecule has 0 aromatic heterocycles. The van der Waals surface area contributed by atoms with Crippen LogP contribution in [-0.4, -0.2) is 44.9 Å². The van der Waals surface area contributed by atoms with Gasteiger partial charge in [-0.05, 0) is 86.4 Å². The molecule has 0 bridgehead atoms. The molecule has 0 saturated carbocycles. The fourth-order valence-corrected chi connectivity index (χ4v) is 6.39. The third kappa shape index (κ3) is 5.39. The van der Waals surface area contributed by atoms with E-state index in [0.29, 0.717) is 30.9 Å². The zero-order chi connectivity index (χ0) is 24.1. The molecule has 1 aliphatic carbocycles. The van der Waals surface area contributed by atoms with Crippen LogP contribution in [0.3, 0.4) is 0 Å². The number of ether oxygens (including phenoxy) is 2. The summed E-state index contributed by atoms with van der Waals surface area (Å²) in [5.74, 6) is 0.637. The average Bonchev–Trinajstić information content (AvgIpc) is 2.87. The monoisotopic (exact) mass is 486 g/mol. The largest absolute Gasteiger partial charge is 0.495 e. The Kier molecular flexibility index (Phi) is 7.78. The van der Waals surface area contributed by atoms with Crippen molar-refractivity contribution >= 4 is 21.6 Å². The van der Waals surface area contributed by atoms with E-state index < -0.39 is 16.1 Å². The second-order valence-electron chi connectivity index (χ2n) is 8.97. The van der Waals surface area contributed by atoms with Crippen molar-refractivity contribution in [3.05, 3.63) is 47.5 Å². The van der Waals surface area contributed by atoms with Gasteiger partial charge in [-0.25, -0.2) is 8.42 Å². The van der Waals surface area contributed by atoms with E-state index >= 15 is 0 Å². The lowest BCUT2D eigenvalue weighted by Crippen LogP contribution is -2.36. The molecule has 7 nitrogen and oxygen atoms in total. The van der Waals surface area contributed by atoms with E-state index in [-0.39, 0.29) is 16.6 Å². The van der Waals surface area contributed by atoms with Crippen LogP contribution in [0.5, 0.6) is 11.5 Å². The van der Waals surface area contributed by atoms with Gasteiger partial charge in [0.15, 0.2) is 6.10 Å². The molecule has 8 heteroatoms. The van der Waals surface area contributed by atoms with Crippen LogP contribution in [0, 0.1) is 0 Å². The fraction of sp³-hybridized carbons (Fsp3) is 0.500. The maximum atomic E-state index is 13.3. The maximum absolute atomic E-state index is 13.3. The molecule has 4 rings (SSSR count). The van der Waals surface area contributed by atoms with Crippen LogP contribution in [-0.2, 0) is 27.7 Å².